The predicted octanol–water partition coefficient (Wildman–Crippen LogP) is 1.20. The summed E-state index contributed by atoms with van der Waals surface area (Å²) >= 11 is 0. The Hall–Kier alpha value is -3.95. The zero-order chi connectivity index (χ0) is 21.0. The molecule has 1 aromatic heterocycles. The van der Waals surface area contributed by atoms with Crippen molar-refractivity contribution in [3.8, 4) is 0 Å². The number of guanidine groups is 1. The third kappa shape index (κ3) is 4.67. The SMILES string of the molecule is C=C1NC(N)=Nc2ncc(CNc3ccc(C(=O)NC(CC)C(=O)O)cc3)nc21. The van der Waals surface area contributed by atoms with E-state index < -0.39 is 17.9 Å². The lowest BCUT2D eigenvalue weighted by atomic mass is 10.1. The first-order valence-electron chi connectivity index (χ1n) is 8.91. The number of aliphatic imine (C=N–C) groups is 1. The van der Waals surface area contributed by atoms with E-state index in [2.05, 4.69) is 37.5 Å². The van der Waals surface area contributed by atoms with Gasteiger partial charge in [0.1, 0.15) is 11.7 Å². The Labute approximate surface area is 167 Å². The Balaban J connectivity index is 1.62. The van der Waals surface area contributed by atoms with Gasteiger partial charge in [0.25, 0.3) is 5.91 Å². The van der Waals surface area contributed by atoms with Crippen molar-refractivity contribution in [2.75, 3.05) is 5.32 Å². The molecule has 1 aliphatic rings. The monoisotopic (exact) mass is 395 g/mol. The molecule has 3 rings (SSSR count). The second-order valence-corrected chi connectivity index (χ2v) is 6.34. The topological polar surface area (TPSA) is 155 Å². The molecule has 10 nitrogen and oxygen atoms in total. The summed E-state index contributed by atoms with van der Waals surface area (Å²) in [5, 5.41) is 17.5. The average Bonchev–Trinajstić information content (AvgIpc) is 2.70. The van der Waals surface area contributed by atoms with Gasteiger partial charge < -0.3 is 26.8 Å². The number of fused-ring (bicyclic) bond motifs is 1. The first kappa shape index (κ1) is 19.8. The fraction of sp³-hybridized carbons (Fsp3) is 0.211. The van der Waals surface area contributed by atoms with E-state index in [1.807, 2.05) is 0 Å². The number of aromatic nitrogens is 2. The molecule has 0 saturated heterocycles. The minimum absolute atomic E-state index is 0.223. The van der Waals surface area contributed by atoms with E-state index in [0.29, 0.717) is 41.4 Å². The third-order valence-electron chi connectivity index (χ3n) is 4.23. The molecule has 10 heteroatoms. The molecule has 0 saturated carbocycles. The smallest absolute Gasteiger partial charge is 0.326 e. The lowest BCUT2D eigenvalue weighted by molar-refractivity contribution is -0.139. The van der Waals surface area contributed by atoms with Crippen molar-refractivity contribution in [2.45, 2.75) is 25.9 Å². The summed E-state index contributed by atoms with van der Waals surface area (Å²) in [6, 6.07) is 5.79. The van der Waals surface area contributed by atoms with Gasteiger partial charge in [0, 0.05) is 11.3 Å². The van der Waals surface area contributed by atoms with Crippen LogP contribution in [0.2, 0.25) is 0 Å². The van der Waals surface area contributed by atoms with Crippen LogP contribution in [0, 0.1) is 0 Å². The van der Waals surface area contributed by atoms with Crippen molar-refractivity contribution >= 4 is 35.0 Å². The van der Waals surface area contributed by atoms with E-state index >= 15 is 0 Å². The number of nitrogens with zero attached hydrogens (tertiary/aromatic N) is 3. The summed E-state index contributed by atoms with van der Waals surface area (Å²) in [6.07, 6.45) is 1.90. The first-order chi connectivity index (χ1) is 13.9. The van der Waals surface area contributed by atoms with E-state index in [-0.39, 0.29) is 5.96 Å². The molecule has 0 aliphatic carbocycles. The van der Waals surface area contributed by atoms with Crippen molar-refractivity contribution in [3.63, 3.8) is 0 Å². The van der Waals surface area contributed by atoms with Crippen LogP contribution < -0.4 is 21.7 Å². The lowest BCUT2D eigenvalue weighted by Crippen LogP contribution is -2.40. The summed E-state index contributed by atoms with van der Waals surface area (Å²) < 4.78 is 0. The number of rotatable bonds is 7. The molecular formula is C19H21N7O3. The third-order valence-corrected chi connectivity index (χ3v) is 4.23. The van der Waals surface area contributed by atoms with Gasteiger partial charge in [0.05, 0.1) is 24.1 Å². The number of carboxylic acids is 1. The van der Waals surface area contributed by atoms with E-state index in [4.69, 9.17) is 10.8 Å². The fourth-order valence-electron chi connectivity index (χ4n) is 2.66. The Morgan fingerprint density at radius 3 is 2.69 bits per heavy atom. The van der Waals surface area contributed by atoms with Gasteiger partial charge in [0.15, 0.2) is 11.8 Å². The van der Waals surface area contributed by atoms with Gasteiger partial charge in [-0.25, -0.2) is 14.8 Å². The highest BCUT2D eigenvalue weighted by Crippen LogP contribution is 2.23. The molecule has 0 radical (unpaired) electrons. The summed E-state index contributed by atoms with van der Waals surface area (Å²) in [5.41, 5.74) is 8.53. The molecule has 0 spiro atoms. The maximum Gasteiger partial charge on any atom is 0.326 e. The molecule has 2 aromatic rings. The Morgan fingerprint density at radius 1 is 1.31 bits per heavy atom. The molecule has 150 valence electrons. The van der Waals surface area contributed by atoms with Gasteiger partial charge in [0.2, 0.25) is 0 Å². The standard InChI is InChI=1S/C19H21N7O3/c1-3-14(18(28)29)25-17(27)11-4-6-12(7-5-11)21-8-13-9-22-16-15(24-13)10(2)23-19(20)26-16/h4-7,9,14,21H,2-3,8H2,1H3,(H,25,27)(H,28,29)(H3,20,22,23,26). The summed E-state index contributed by atoms with van der Waals surface area (Å²) in [6.45, 7) is 5.95. The molecule has 1 atom stereocenters. The van der Waals surface area contributed by atoms with Crippen LogP contribution in [0.3, 0.4) is 0 Å². The second kappa shape index (κ2) is 8.38. The van der Waals surface area contributed by atoms with Crippen molar-refractivity contribution in [3.05, 3.63) is 54.0 Å². The number of carbonyl (C=O) groups excluding carboxylic acids is 1. The van der Waals surface area contributed by atoms with Gasteiger partial charge in [-0.2, -0.15) is 4.99 Å². The first-order valence-corrected chi connectivity index (χ1v) is 8.91. The molecule has 1 aliphatic heterocycles. The van der Waals surface area contributed by atoms with E-state index in [1.54, 1.807) is 37.4 Å². The number of carbonyl (C=O) groups is 2. The lowest BCUT2D eigenvalue weighted by Gasteiger charge is -2.16. The average molecular weight is 395 g/mol. The molecule has 0 bridgehead atoms. The fourth-order valence-corrected chi connectivity index (χ4v) is 2.66. The molecule has 2 heterocycles. The summed E-state index contributed by atoms with van der Waals surface area (Å²) in [4.78, 5) is 36.0. The van der Waals surface area contributed by atoms with Gasteiger partial charge in [-0.15, -0.1) is 0 Å². The number of aliphatic carboxylic acids is 1. The van der Waals surface area contributed by atoms with Gasteiger partial charge in [-0.3, -0.25) is 4.79 Å². The zero-order valence-corrected chi connectivity index (χ0v) is 15.8. The van der Waals surface area contributed by atoms with Crippen molar-refractivity contribution in [1.82, 2.24) is 20.6 Å². The number of carboxylic acid groups (broad SMARTS) is 1. The molecule has 1 amide bonds. The molecule has 0 fully saturated rings. The molecule has 1 aromatic carbocycles. The number of benzene rings is 1. The normalized spacial score (nSPS) is 13.6. The molecule has 1 unspecified atom stereocenters. The summed E-state index contributed by atoms with van der Waals surface area (Å²) in [7, 11) is 0. The van der Waals surface area contributed by atoms with Crippen LogP contribution in [0.4, 0.5) is 11.5 Å². The van der Waals surface area contributed by atoms with Crippen molar-refractivity contribution < 1.29 is 14.7 Å². The highest BCUT2D eigenvalue weighted by Gasteiger charge is 2.19. The van der Waals surface area contributed by atoms with E-state index in [0.717, 1.165) is 5.69 Å². The minimum Gasteiger partial charge on any atom is -0.480 e. The Kier molecular flexibility index (Phi) is 5.72. The highest BCUT2D eigenvalue weighted by atomic mass is 16.4. The van der Waals surface area contributed by atoms with Crippen molar-refractivity contribution in [2.24, 2.45) is 10.7 Å². The number of anilines is 1. The maximum atomic E-state index is 12.2. The Morgan fingerprint density at radius 2 is 2.03 bits per heavy atom. The number of nitrogens with one attached hydrogen (secondary N) is 3. The number of hydrogen-bond acceptors (Lipinski definition) is 8. The van der Waals surface area contributed by atoms with E-state index in [1.165, 1.54) is 0 Å². The van der Waals surface area contributed by atoms with Crippen LogP contribution in [-0.2, 0) is 11.3 Å². The quantitative estimate of drug-likeness (QED) is 0.468. The second-order valence-electron chi connectivity index (χ2n) is 6.34. The van der Waals surface area contributed by atoms with Gasteiger partial charge in [-0.05, 0) is 30.7 Å². The number of amides is 1. The number of nitrogens with two attached hydrogens (primary N) is 1. The highest BCUT2D eigenvalue weighted by molar-refractivity contribution is 5.97. The van der Waals surface area contributed by atoms with Crippen LogP contribution in [0.15, 0.2) is 42.0 Å². The largest absolute Gasteiger partial charge is 0.480 e. The number of hydrogen-bond donors (Lipinski definition) is 5. The molecule has 6 N–H and O–H groups in total. The van der Waals surface area contributed by atoms with Gasteiger partial charge in [-0.1, -0.05) is 13.5 Å². The van der Waals surface area contributed by atoms with Crippen LogP contribution in [-0.4, -0.2) is 39.0 Å². The zero-order valence-electron chi connectivity index (χ0n) is 15.8. The molecule has 29 heavy (non-hydrogen) atoms. The minimum atomic E-state index is -1.06. The maximum absolute atomic E-state index is 12.2. The van der Waals surface area contributed by atoms with Crippen LogP contribution in [0.1, 0.15) is 35.1 Å². The van der Waals surface area contributed by atoms with E-state index in [9.17, 15) is 9.59 Å². The summed E-state index contributed by atoms with van der Waals surface area (Å²) in [5.74, 6) is -0.855. The van der Waals surface area contributed by atoms with Crippen molar-refractivity contribution in [1.29, 1.82) is 0 Å². The van der Waals surface area contributed by atoms with Gasteiger partial charge >= 0.3 is 5.97 Å². The van der Waals surface area contributed by atoms with Crippen LogP contribution in [0.5, 0.6) is 0 Å². The molecular weight excluding hydrogens is 374 g/mol. The van der Waals surface area contributed by atoms with Crippen LogP contribution in [0.25, 0.3) is 5.70 Å². The Bertz CT molecular complexity index is 986. The predicted molar refractivity (Wildman–Crippen MR) is 108 cm³/mol. The van der Waals surface area contributed by atoms with Crippen LogP contribution >= 0.6 is 0 Å².